The number of benzene rings is 1. The van der Waals surface area contributed by atoms with Crippen LogP contribution in [0.3, 0.4) is 0 Å². The van der Waals surface area contributed by atoms with Gasteiger partial charge in [0.25, 0.3) is 0 Å². The molecule has 3 rings (SSSR count). The third kappa shape index (κ3) is 4.29. The lowest BCUT2D eigenvalue weighted by molar-refractivity contribution is -0.126. The number of nitrogens with one attached hydrogen (secondary N) is 2. The second kappa shape index (κ2) is 8.00. The molecule has 0 saturated carbocycles. The van der Waals surface area contributed by atoms with Crippen LogP contribution in [0.5, 0.6) is 0 Å². The van der Waals surface area contributed by atoms with Gasteiger partial charge in [-0.05, 0) is 31.9 Å². The van der Waals surface area contributed by atoms with Crippen LogP contribution in [-0.4, -0.2) is 53.1 Å². The summed E-state index contributed by atoms with van der Waals surface area (Å²) in [5, 5.41) is 2.96. The first-order valence-corrected chi connectivity index (χ1v) is 8.80. The second-order valence-electron chi connectivity index (χ2n) is 6.23. The molecule has 7 heteroatoms. The molecule has 1 aromatic heterocycles. The van der Waals surface area contributed by atoms with Crippen LogP contribution >= 0.6 is 0 Å². The van der Waals surface area contributed by atoms with E-state index in [-0.39, 0.29) is 17.9 Å². The van der Waals surface area contributed by atoms with Crippen molar-refractivity contribution < 1.29 is 14.3 Å². The maximum absolute atomic E-state index is 12.4. The van der Waals surface area contributed by atoms with Crippen LogP contribution in [0.4, 0.5) is 4.79 Å². The van der Waals surface area contributed by atoms with Gasteiger partial charge in [0.15, 0.2) is 0 Å². The molecule has 0 bridgehead atoms. The van der Waals surface area contributed by atoms with Crippen LogP contribution in [0.2, 0.25) is 0 Å². The van der Waals surface area contributed by atoms with Crippen LogP contribution in [0.15, 0.2) is 24.3 Å². The number of ether oxygens (including phenoxy) is 1. The van der Waals surface area contributed by atoms with Crippen molar-refractivity contribution in [2.45, 2.75) is 26.2 Å². The van der Waals surface area contributed by atoms with E-state index in [4.69, 9.17) is 4.74 Å². The Hall–Kier alpha value is -2.57. The summed E-state index contributed by atoms with van der Waals surface area (Å²) in [6.07, 6.45) is 1.93. The van der Waals surface area contributed by atoms with Crippen molar-refractivity contribution in [3.8, 4) is 0 Å². The van der Waals surface area contributed by atoms with Gasteiger partial charge in [-0.1, -0.05) is 12.1 Å². The minimum atomic E-state index is -0.331. The number of fused-ring (bicyclic) bond motifs is 1. The first-order chi connectivity index (χ1) is 12.2. The van der Waals surface area contributed by atoms with Crippen LogP contribution in [0.25, 0.3) is 11.0 Å². The molecule has 0 aliphatic carbocycles. The lowest BCUT2D eigenvalue weighted by Gasteiger charge is -2.31. The van der Waals surface area contributed by atoms with Gasteiger partial charge in [0.1, 0.15) is 5.82 Å². The maximum atomic E-state index is 12.4. The third-order valence-corrected chi connectivity index (χ3v) is 4.42. The lowest BCUT2D eigenvalue weighted by atomic mass is 9.97. The second-order valence-corrected chi connectivity index (χ2v) is 6.23. The molecular formula is C18H24N4O3. The molecule has 1 aliphatic rings. The Kier molecular flexibility index (Phi) is 5.53. The zero-order valence-corrected chi connectivity index (χ0v) is 14.5. The monoisotopic (exact) mass is 344 g/mol. The molecule has 1 aromatic carbocycles. The number of hydrogen-bond acceptors (Lipinski definition) is 4. The molecule has 2 aromatic rings. The van der Waals surface area contributed by atoms with E-state index in [2.05, 4.69) is 15.3 Å². The number of aromatic amines is 1. The van der Waals surface area contributed by atoms with E-state index in [1.165, 1.54) is 0 Å². The molecule has 2 N–H and O–H groups in total. The van der Waals surface area contributed by atoms with E-state index in [9.17, 15) is 9.59 Å². The number of hydrogen-bond donors (Lipinski definition) is 2. The van der Waals surface area contributed by atoms with Crippen molar-refractivity contribution >= 4 is 23.0 Å². The maximum Gasteiger partial charge on any atom is 0.409 e. The Morgan fingerprint density at radius 2 is 2.24 bits per heavy atom. The normalized spacial score (nSPS) is 17.5. The summed E-state index contributed by atoms with van der Waals surface area (Å²) in [5.41, 5.74) is 1.93. The van der Waals surface area contributed by atoms with Crippen molar-refractivity contribution in [2.75, 3.05) is 26.2 Å². The van der Waals surface area contributed by atoms with Gasteiger partial charge in [-0.15, -0.1) is 0 Å². The predicted octanol–water partition coefficient (Wildman–Crippen LogP) is 2.09. The zero-order chi connectivity index (χ0) is 17.6. The molecule has 1 fully saturated rings. The van der Waals surface area contributed by atoms with Crippen molar-refractivity contribution in [1.82, 2.24) is 20.2 Å². The van der Waals surface area contributed by atoms with Crippen LogP contribution in [0, 0.1) is 5.92 Å². The minimum Gasteiger partial charge on any atom is -0.450 e. The molecule has 134 valence electrons. The highest BCUT2D eigenvalue weighted by Crippen LogP contribution is 2.17. The number of carbonyl (C=O) groups excluding carboxylic acids is 2. The number of nitrogens with zero attached hydrogens (tertiary/aromatic N) is 2. The number of aromatic nitrogens is 2. The molecule has 25 heavy (non-hydrogen) atoms. The summed E-state index contributed by atoms with van der Waals surface area (Å²) in [6.45, 7) is 3.74. The van der Waals surface area contributed by atoms with Crippen molar-refractivity contribution in [2.24, 2.45) is 5.92 Å². The molecular weight excluding hydrogens is 320 g/mol. The fourth-order valence-corrected chi connectivity index (χ4v) is 3.14. The van der Waals surface area contributed by atoms with E-state index >= 15 is 0 Å². The Balaban J connectivity index is 1.47. The van der Waals surface area contributed by atoms with E-state index in [0.29, 0.717) is 32.7 Å². The number of amides is 2. The summed E-state index contributed by atoms with van der Waals surface area (Å²) in [7, 11) is 0. The smallest absolute Gasteiger partial charge is 0.409 e. The quantitative estimate of drug-likeness (QED) is 0.869. The number of rotatable bonds is 5. The van der Waals surface area contributed by atoms with E-state index < -0.39 is 0 Å². The molecule has 1 atom stereocenters. The average Bonchev–Trinajstić information content (AvgIpc) is 3.04. The summed E-state index contributed by atoms with van der Waals surface area (Å²) in [6, 6.07) is 7.86. The standard InChI is InChI=1S/C18H24N4O3/c1-2-25-18(24)22-11-5-6-13(12-22)17(23)19-10-9-16-20-14-7-3-4-8-15(14)21-16/h3-4,7-8,13H,2,5-6,9-12H2,1H3,(H,19,23)(H,20,21). The van der Waals surface area contributed by atoms with Crippen molar-refractivity contribution in [3.05, 3.63) is 30.1 Å². The number of para-hydroxylation sites is 2. The predicted molar refractivity (Wildman–Crippen MR) is 94.1 cm³/mol. The molecule has 7 nitrogen and oxygen atoms in total. The molecule has 1 aliphatic heterocycles. The highest BCUT2D eigenvalue weighted by atomic mass is 16.6. The molecule has 1 unspecified atom stereocenters. The summed E-state index contributed by atoms with van der Waals surface area (Å²) >= 11 is 0. The zero-order valence-electron chi connectivity index (χ0n) is 14.5. The number of likely N-dealkylation sites (tertiary alicyclic amines) is 1. The molecule has 2 heterocycles. The van der Waals surface area contributed by atoms with Gasteiger partial charge in [-0.2, -0.15) is 0 Å². The van der Waals surface area contributed by atoms with E-state index in [0.717, 1.165) is 29.7 Å². The van der Waals surface area contributed by atoms with Gasteiger partial charge in [-0.25, -0.2) is 9.78 Å². The fraction of sp³-hybridized carbons (Fsp3) is 0.500. The highest BCUT2D eigenvalue weighted by molar-refractivity contribution is 5.80. The first kappa shape index (κ1) is 17.3. The topological polar surface area (TPSA) is 87.3 Å². The first-order valence-electron chi connectivity index (χ1n) is 8.80. The Morgan fingerprint density at radius 3 is 3.04 bits per heavy atom. The van der Waals surface area contributed by atoms with Crippen LogP contribution in [0.1, 0.15) is 25.6 Å². The average molecular weight is 344 g/mol. The summed E-state index contributed by atoms with van der Waals surface area (Å²) in [4.78, 5) is 33.6. The highest BCUT2D eigenvalue weighted by Gasteiger charge is 2.28. The number of H-pyrrole nitrogens is 1. The Labute approximate surface area is 146 Å². The van der Waals surface area contributed by atoms with Gasteiger partial charge in [0.05, 0.1) is 23.6 Å². The molecule has 0 spiro atoms. The molecule has 1 saturated heterocycles. The van der Waals surface area contributed by atoms with Crippen molar-refractivity contribution in [3.63, 3.8) is 0 Å². The molecule has 2 amide bonds. The van der Waals surface area contributed by atoms with Gasteiger partial charge >= 0.3 is 6.09 Å². The van der Waals surface area contributed by atoms with Gasteiger partial charge in [0, 0.05) is 26.1 Å². The lowest BCUT2D eigenvalue weighted by Crippen LogP contribution is -2.46. The molecule has 0 radical (unpaired) electrons. The minimum absolute atomic E-state index is 0.00916. The summed E-state index contributed by atoms with van der Waals surface area (Å²) in [5.74, 6) is 0.678. The number of imidazole rings is 1. The van der Waals surface area contributed by atoms with Crippen molar-refractivity contribution in [1.29, 1.82) is 0 Å². The van der Waals surface area contributed by atoms with Crippen LogP contribution < -0.4 is 5.32 Å². The Morgan fingerprint density at radius 1 is 1.40 bits per heavy atom. The van der Waals surface area contributed by atoms with E-state index in [1.54, 1.807) is 11.8 Å². The van der Waals surface area contributed by atoms with Gasteiger partial charge < -0.3 is 19.9 Å². The number of piperidine rings is 1. The third-order valence-electron chi connectivity index (χ3n) is 4.42. The SMILES string of the molecule is CCOC(=O)N1CCCC(C(=O)NCCc2nc3ccccc3[nH]2)C1. The van der Waals surface area contributed by atoms with Gasteiger partial charge in [-0.3, -0.25) is 4.79 Å². The largest absolute Gasteiger partial charge is 0.450 e. The fourth-order valence-electron chi connectivity index (χ4n) is 3.14. The summed E-state index contributed by atoms with van der Waals surface area (Å²) < 4.78 is 5.02. The van der Waals surface area contributed by atoms with Crippen LogP contribution in [-0.2, 0) is 16.0 Å². The van der Waals surface area contributed by atoms with Gasteiger partial charge in [0.2, 0.25) is 5.91 Å². The number of carbonyl (C=O) groups is 2. The Bertz CT molecular complexity index is 710. The van der Waals surface area contributed by atoms with E-state index in [1.807, 2.05) is 24.3 Å².